The van der Waals surface area contributed by atoms with Crippen molar-refractivity contribution in [2.75, 3.05) is 20.7 Å². The Balaban J connectivity index is 2.65. The number of halogens is 2. The minimum atomic E-state index is -0.333. The Labute approximate surface area is 111 Å². The van der Waals surface area contributed by atoms with Crippen LogP contribution in [0.1, 0.15) is 12.5 Å². The Morgan fingerprint density at radius 2 is 2.22 bits per heavy atom. The number of methoxy groups -OCH3 is 1. The molecular weight excluding hydrogens is 257 g/mol. The second-order valence-electron chi connectivity index (χ2n) is 4.32. The lowest BCUT2D eigenvalue weighted by molar-refractivity contribution is -0.145. The average Bonchev–Trinajstić information content (AvgIpc) is 2.32. The highest BCUT2D eigenvalue weighted by Crippen LogP contribution is 2.20. The number of ether oxygens (including phenoxy) is 1. The van der Waals surface area contributed by atoms with Crippen LogP contribution in [0.3, 0.4) is 0 Å². The second kappa shape index (κ2) is 6.71. The number of carbonyl (C=O) groups is 1. The van der Waals surface area contributed by atoms with Crippen molar-refractivity contribution >= 4 is 17.6 Å². The Morgan fingerprint density at radius 1 is 1.56 bits per heavy atom. The number of hydrogen-bond acceptors (Lipinski definition) is 3. The summed E-state index contributed by atoms with van der Waals surface area (Å²) >= 11 is 5.94. The number of benzene rings is 1. The van der Waals surface area contributed by atoms with Gasteiger partial charge in [0.05, 0.1) is 13.0 Å². The maximum atomic E-state index is 13.6. The van der Waals surface area contributed by atoms with Crippen molar-refractivity contribution in [1.29, 1.82) is 0 Å². The molecule has 18 heavy (non-hydrogen) atoms. The molecule has 0 saturated heterocycles. The summed E-state index contributed by atoms with van der Waals surface area (Å²) in [6.45, 7) is 2.61. The Morgan fingerprint density at radius 3 is 2.78 bits per heavy atom. The number of carbonyl (C=O) groups excluding carboxylic acids is 1. The molecule has 0 bridgehead atoms. The maximum Gasteiger partial charge on any atom is 0.309 e. The van der Waals surface area contributed by atoms with Gasteiger partial charge in [-0.1, -0.05) is 24.6 Å². The molecule has 0 aliphatic heterocycles. The lowest BCUT2D eigenvalue weighted by atomic mass is 10.1. The number of nitrogens with zero attached hydrogens (tertiary/aromatic N) is 1. The molecule has 0 fully saturated rings. The van der Waals surface area contributed by atoms with E-state index in [1.807, 2.05) is 11.9 Å². The zero-order valence-electron chi connectivity index (χ0n) is 10.7. The second-order valence-corrected chi connectivity index (χ2v) is 4.73. The van der Waals surface area contributed by atoms with Crippen molar-refractivity contribution < 1.29 is 13.9 Å². The van der Waals surface area contributed by atoms with Crippen LogP contribution in [-0.4, -0.2) is 31.6 Å². The van der Waals surface area contributed by atoms with Crippen molar-refractivity contribution in [3.05, 3.63) is 34.6 Å². The number of hydrogen-bond donors (Lipinski definition) is 0. The summed E-state index contributed by atoms with van der Waals surface area (Å²) in [5.41, 5.74) is 0.443. The predicted molar refractivity (Wildman–Crippen MR) is 68.9 cm³/mol. The van der Waals surface area contributed by atoms with Crippen LogP contribution in [0.5, 0.6) is 0 Å². The molecular formula is C13H17ClFNO2. The van der Waals surface area contributed by atoms with Gasteiger partial charge in [-0.15, -0.1) is 0 Å². The highest BCUT2D eigenvalue weighted by molar-refractivity contribution is 6.31. The van der Waals surface area contributed by atoms with Crippen LogP contribution in [0.15, 0.2) is 18.2 Å². The predicted octanol–water partition coefficient (Wildman–Crippen LogP) is 2.72. The largest absolute Gasteiger partial charge is 0.469 e. The van der Waals surface area contributed by atoms with Gasteiger partial charge in [0.25, 0.3) is 0 Å². The molecule has 1 rings (SSSR count). The van der Waals surface area contributed by atoms with Crippen molar-refractivity contribution in [3.8, 4) is 0 Å². The molecule has 0 aliphatic rings. The highest BCUT2D eigenvalue weighted by Gasteiger charge is 2.17. The molecule has 1 unspecified atom stereocenters. The molecule has 0 aliphatic carbocycles. The summed E-state index contributed by atoms with van der Waals surface area (Å²) in [5, 5.41) is 0.396. The van der Waals surface area contributed by atoms with Gasteiger partial charge in [0.1, 0.15) is 5.82 Å². The average molecular weight is 274 g/mol. The summed E-state index contributed by atoms with van der Waals surface area (Å²) in [4.78, 5) is 13.1. The van der Waals surface area contributed by atoms with Crippen LogP contribution in [-0.2, 0) is 16.1 Å². The van der Waals surface area contributed by atoms with E-state index in [-0.39, 0.29) is 17.7 Å². The first-order chi connectivity index (χ1) is 8.45. The van der Waals surface area contributed by atoms with Crippen molar-refractivity contribution in [2.24, 2.45) is 5.92 Å². The Bertz CT molecular complexity index is 405. The van der Waals surface area contributed by atoms with Crippen LogP contribution < -0.4 is 0 Å². The molecule has 100 valence electrons. The summed E-state index contributed by atoms with van der Waals surface area (Å²) in [6, 6.07) is 4.59. The standard InChI is InChI=1S/C13H17ClFNO2/c1-9(13(17)18-3)7-16(2)8-10-11(14)5-4-6-12(10)15/h4-6,9H,7-8H2,1-3H3. The zero-order valence-corrected chi connectivity index (χ0v) is 11.5. The van der Waals surface area contributed by atoms with E-state index < -0.39 is 0 Å². The monoisotopic (exact) mass is 273 g/mol. The fourth-order valence-corrected chi connectivity index (χ4v) is 1.98. The molecule has 0 spiro atoms. The lowest BCUT2D eigenvalue weighted by Gasteiger charge is -2.20. The Kier molecular flexibility index (Phi) is 5.56. The summed E-state index contributed by atoms with van der Waals surface area (Å²) in [7, 11) is 3.16. The molecule has 0 N–H and O–H groups in total. The molecule has 3 nitrogen and oxygen atoms in total. The molecule has 5 heteroatoms. The highest BCUT2D eigenvalue weighted by atomic mass is 35.5. The molecule has 0 saturated carbocycles. The third-order valence-corrected chi connectivity index (χ3v) is 3.03. The van der Waals surface area contributed by atoms with E-state index in [4.69, 9.17) is 11.6 Å². The van der Waals surface area contributed by atoms with E-state index in [1.165, 1.54) is 13.2 Å². The molecule has 0 radical (unpaired) electrons. The summed E-state index contributed by atoms with van der Waals surface area (Å²) < 4.78 is 18.2. The fraction of sp³-hybridized carbons (Fsp3) is 0.462. The molecule has 0 amide bonds. The first-order valence-corrected chi connectivity index (χ1v) is 6.02. The quantitative estimate of drug-likeness (QED) is 0.773. The normalized spacial score (nSPS) is 12.6. The van der Waals surface area contributed by atoms with Gasteiger partial charge in [0.15, 0.2) is 0 Å². The molecule has 1 aromatic carbocycles. The topological polar surface area (TPSA) is 29.5 Å². The first kappa shape index (κ1) is 14.9. The van der Waals surface area contributed by atoms with Crippen molar-refractivity contribution in [1.82, 2.24) is 4.90 Å². The van der Waals surface area contributed by atoms with Gasteiger partial charge in [-0.2, -0.15) is 0 Å². The minimum Gasteiger partial charge on any atom is -0.469 e. The smallest absolute Gasteiger partial charge is 0.309 e. The van der Waals surface area contributed by atoms with Crippen LogP contribution in [0.4, 0.5) is 4.39 Å². The van der Waals surface area contributed by atoms with Gasteiger partial charge >= 0.3 is 5.97 Å². The molecule has 1 atom stereocenters. The van der Waals surface area contributed by atoms with E-state index >= 15 is 0 Å². The number of rotatable bonds is 5. The van der Waals surface area contributed by atoms with Crippen LogP contribution in [0, 0.1) is 11.7 Å². The summed E-state index contributed by atoms with van der Waals surface area (Å²) in [5.74, 6) is -0.868. The SMILES string of the molecule is COC(=O)C(C)CN(C)Cc1c(F)cccc1Cl. The van der Waals surface area contributed by atoms with Crippen molar-refractivity contribution in [3.63, 3.8) is 0 Å². The van der Waals surface area contributed by atoms with Crippen LogP contribution in [0.25, 0.3) is 0 Å². The first-order valence-electron chi connectivity index (χ1n) is 5.65. The lowest BCUT2D eigenvalue weighted by Crippen LogP contribution is -2.29. The third kappa shape index (κ3) is 3.96. The van der Waals surface area contributed by atoms with Gasteiger partial charge in [-0.05, 0) is 19.2 Å². The minimum absolute atomic E-state index is 0.259. The maximum absolute atomic E-state index is 13.6. The van der Waals surface area contributed by atoms with Gasteiger partial charge in [0, 0.05) is 23.7 Å². The number of esters is 1. The summed E-state index contributed by atoms with van der Waals surface area (Å²) in [6.07, 6.45) is 0. The zero-order chi connectivity index (χ0) is 13.7. The molecule has 0 aromatic heterocycles. The Hall–Kier alpha value is -1.13. The van der Waals surface area contributed by atoms with Crippen molar-refractivity contribution in [2.45, 2.75) is 13.5 Å². The van der Waals surface area contributed by atoms with Gasteiger partial charge < -0.3 is 9.64 Å². The van der Waals surface area contributed by atoms with Gasteiger partial charge in [-0.3, -0.25) is 4.79 Å². The van der Waals surface area contributed by atoms with E-state index in [9.17, 15) is 9.18 Å². The fourth-order valence-electron chi connectivity index (χ4n) is 1.76. The van der Waals surface area contributed by atoms with Crippen LogP contribution >= 0.6 is 11.6 Å². The van der Waals surface area contributed by atoms with E-state index in [0.717, 1.165) is 0 Å². The molecule has 0 heterocycles. The third-order valence-electron chi connectivity index (χ3n) is 2.68. The van der Waals surface area contributed by atoms with Crippen LogP contribution in [0.2, 0.25) is 5.02 Å². The molecule has 1 aromatic rings. The van der Waals surface area contributed by atoms with E-state index in [2.05, 4.69) is 4.74 Å². The van der Waals surface area contributed by atoms with E-state index in [0.29, 0.717) is 23.7 Å². The van der Waals surface area contributed by atoms with E-state index in [1.54, 1.807) is 19.1 Å². The van der Waals surface area contributed by atoms with Gasteiger partial charge in [0.2, 0.25) is 0 Å². The van der Waals surface area contributed by atoms with Gasteiger partial charge in [-0.25, -0.2) is 4.39 Å².